The van der Waals surface area contributed by atoms with Gasteiger partial charge in [0.2, 0.25) is 0 Å². The largest absolute Gasteiger partial charge is 0.309 e. The summed E-state index contributed by atoms with van der Waals surface area (Å²) in [5.41, 5.74) is 17.1. The molecule has 62 heavy (non-hydrogen) atoms. The van der Waals surface area contributed by atoms with Gasteiger partial charge in [-0.05, 0) is 102 Å². The molecule has 0 unspecified atom stereocenters. The van der Waals surface area contributed by atoms with Crippen LogP contribution in [0.15, 0.2) is 230 Å². The fourth-order valence-corrected chi connectivity index (χ4v) is 11.8. The van der Waals surface area contributed by atoms with Crippen molar-refractivity contribution in [2.45, 2.75) is 10.8 Å². The molecule has 1 heterocycles. The van der Waals surface area contributed by atoms with Crippen molar-refractivity contribution in [1.29, 1.82) is 0 Å². The molecule has 3 heteroatoms. The summed E-state index contributed by atoms with van der Waals surface area (Å²) in [5, 5.41) is 3.42. The van der Waals surface area contributed by atoms with Crippen molar-refractivity contribution in [3.8, 4) is 22.3 Å². The maximum atomic E-state index is 8.12. The minimum Gasteiger partial charge on any atom is -0.309 e. The Morgan fingerprint density at radius 1 is 0.403 bits per heavy atom. The first-order chi connectivity index (χ1) is 30.7. The van der Waals surface area contributed by atoms with E-state index < -0.39 is 10.8 Å². The average Bonchev–Trinajstić information content (AvgIpc) is 4.04. The number of fused-ring (bicyclic) bond motifs is 7. The quantitative estimate of drug-likeness (QED) is 0.146. The number of benzene rings is 9. The fourth-order valence-electron chi connectivity index (χ4n) is 10.9. The van der Waals surface area contributed by atoms with Gasteiger partial charge in [0.15, 0.2) is 5.69 Å². The lowest BCUT2D eigenvalue weighted by molar-refractivity contribution is 0.766. The van der Waals surface area contributed by atoms with Crippen LogP contribution < -0.4 is 4.90 Å². The molecule has 0 radical (unpaired) electrons. The molecule has 290 valence electrons. The van der Waals surface area contributed by atoms with E-state index in [0.29, 0.717) is 5.69 Å². The van der Waals surface area contributed by atoms with Gasteiger partial charge in [-0.2, -0.15) is 0 Å². The SMILES string of the molecule is [C-]#[N+]c1ccc2c(c1)C(c1ccccc1)(c1ccccc1)c1cc(N(c3cccc4c3C(c3ccccc3)(c3ccccc3)c3ccccc3-4)c3cccc4ccsc34)ccc1-2. The second-order valence-electron chi connectivity index (χ2n) is 16.2. The Hall–Kier alpha value is -7.77. The Kier molecular flexibility index (Phi) is 8.25. The lowest BCUT2D eigenvalue weighted by atomic mass is 9.67. The summed E-state index contributed by atoms with van der Waals surface area (Å²) in [4.78, 5) is 6.51. The van der Waals surface area contributed by atoms with Gasteiger partial charge < -0.3 is 4.90 Å². The first-order valence-electron chi connectivity index (χ1n) is 21.1. The predicted octanol–water partition coefficient (Wildman–Crippen LogP) is 15.6. The molecular formula is C59H38N2S. The highest BCUT2D eigenvalue weighted by Crippen LogP contribution is 2.62. The number of rotatable bonds is 7. The second-order valence-corrected chi connectivity index (χ2v) is 17.1. The van der Waals surface area contributed by atoms with Crippen LogP contribution in [0.5, 0.6) is 0 Å². The lowest BCUT2D eigenvalue weighted by Gasteiger charge is -2.38. The van der Waals surface area contributed by atoms with E-state index in [0.717, 1.165) is 28.2 Å². The third-order valence-electron chi connectivity index (χ3n) is 13.3. The molecule has 10 aromatic rings. The molecule has 12 rings (SSSR count). The average molecular weight is 807 g/mol. The molecule has 0 N–H and O–H groups in total. The molecule has 1 aromatic heterocycles. The van der Waals surface area contributed by atoms with Crippen LogP contribution in [-0.4, -0.2) is 0 Å². The van der Waals surface area contributed by atoms with Crippen LogP contribution in [0.3, 0.4) is 0 Å². The van der Waals surface area contributed by atoms with E-state index >= 15 is 0 Å². The van der Waals surface area contributed by atoms with E-state index in [4.69, 9.17) is 6.57 Å². The van der Waals surface area contributed by atoms with Crippen molar-refractivity contribution >= 4 is 44.2 Å². The summed E-state index contributed by atoms with van der Waals surface area (Å²) in [7, 11) is 0. The molecule has 0 fully saturated rings. The van der Waals surface area contributed by atoms with Crippen LogP contribution in [0, 0.1) is 6.57 Å². The fraction of sp³-hybridized carbons (Fsp3) is 0.0339. The number of thiophene rings is 1. The third kappa shape index (κ3) is 5.02. The molecule has 0 amide bonds. The molecule has 9 aromatic carbocycles. The number of hydrogen-bond acceptors (Lipinski definition) is 2. The van der Waals surface area contributed by atoms with Gasteiger partial charge in [0.1, 0.15) is 0 Å². The molecule has 2 nitrogen and oxygen atoms in total. The normalized spacial score (nSPS) is 13.7. The van der Waals surface area contributed by atoms with Crippen molar-refractivity contribution in [2.75, 3.05) is 4.90 Å². The molecule has 2 aliphatic rings. The van der Waals surface area contributed by atoms with E-state index in [-0.39, 0.29) is 0 Å². The summed E-state index contributed by atoms with van der Waals surface area (Å²) in [6.45, 7) is 8.12. The van der Waals surface area contributed by atoms with Crippen LogP contribution in [0.2, 0.25) is 0 Å². The summed E-state index contributed by atoms with van der Waals surface area (Å²) < 4.78 is 1.23. The molecular weight excluding hydrogens is 769 g/mol. The molecule has 0 bridgehead atoms. The standard InChI is InChI=1S/C59H38N2S/c1-60-45-32-34-48-49-35-33-46(39-53(49)58(52(48)38-45,41-19-6-2-7-20-41)42-21-8-3-9-22-42)61(55-31-16-18-40-36-37-62-57(40)55)54-30-17-28-50-47-27-14-15-29-51(47)59(56(50)54,43-23-10-4-11-24-43)44-25-12-5-13-26-44/h2-39H. The van der Waals surface area contributed by atoms with Crippen molar-refractivity contribution in [2.24, 2.45) is 0 Å². The van der Waals surface area contributed by atoms with E-state index in [9.17, 15) is 0 Å². The zero-order valence-corrected chi connectivity index (χ0v) is 34.6. The highest BCUT2D eigenvalue weighted by atomic mass is 32.1. The maximum Gasteiger partial charge on any atom is 0.187 e. The smallest absolute Gasteiger partial charge is 0.187 e. The predicted molar refractivity (Wildman–Crippen MR) is 257 cm³/mol. The van der Waals surface area contributed by atoms with Crippen LogP contribution in [0.25, 0.3) is 37.2 Å². The molecule has 0 spiro atoms. The van der Waals surface area contributed by atoms with Crippen LogP contribution in [0.4, 0.5) is 22.7 Å². The highest BCUT2D eigenvalue weighted by molar-refractivity contribution is 7.17. The van der Waals surface area contributed by atoms with Crippen molar-refractivity contribution in [3.63, 3.8) is 0 Å². The molecule has 0 saturated heterocycles. The summed E-state index contributed by atoms with van der Waals surface area (Å²) in [5.74, 6) is 0. The number of nitrogens with zero attached hydrogens (tertiary/aromatic N) is 2. The van der Waals surface area contributed by atoms with Gasteiger partial charge in [-0.1, -0.05) is 194 Å². The van der Waals surface area contributed by atoms with Crippen LogP contribution >= 0.6 is 11.3 Å². The Morgan fingerprint density at radius 3 is 1.56 bits per heavy atom. The highest BCUT2D eigenvalue weighted by Gasteiger charge is 2.50. The van der Waals surface area contributed by atoms with Gasteiger partial charge in [0.05, 0.1) is 33.5 Å². The summed E-state index contributed by atoms with van der Waals surface area (Å²) in [6.07, 6.45) is 0. The second kappa shape index (κ2) is 14.2. The third-order valence-corrected chi connectivity index (χ3v) is 14.3. The Morgan fingerprint density at radius 2 is 0.919 bits per heavy atom. The van der Waals surface area contributed by atoms with Crippen LogP contribution in [-0.2, 0) is 10.8 Å². The Balaban J connectivity index is 1.21. The summed E-state index contributed by atoms with van der Waals surface area (Å²) in [6, 6.07) is 82.1. The van der Waals surface area contributed by atoms with E-state index in [1.165, 1.54) is 65.7 Å². The van der Waals surface area contributed by atoms with Crippen molar-refractivity contribution in [3.05, 3.63) is 286 Å². The topological polar surface area (TPSA) is 7.60 Å². The van der Waals surface area contributed by atoms with Crippen molar-refractivity contribution < 1.29 is 0 Å². The van der Waals surface area contributed by atoms with Crippen LogP contribution in [0.1, 0.15) is 44.5 Å². The minimum absolute atomic E-state index is 0.617. The molecule has 0 saturated carbocycles. The van der Waals surface area contributed by atoms with Gasteiger partial charge in [-0.3, -0.25) is 0 Å². The first-order valence-corrected chi connectivity index (χ1v) is 22.0. The maximum absolute atomic E-state index is 8.12. The van der Waals surface area contributed by atoms with E-state index in [1.807, 2.05) is 6.07 Å². The van der Waals surface area contributed by atoms with Gasteiger partial charge in [0.25, 0.3) is 0 Å². The monoisotopic (exact) mass is 806 g/mol. The Labute approximate surface area is 366 Å². The molecule has 0 atom stereocenters. The first kappa shape index (κ1) is 36.1. The Bertz CT molecular complexity index is 3280. The molecule has 2 aliphatic carbocycles. The zero-order chi connectivity index (χ0) is 41.3. The van der Waals surface area contributed by atoms with Gasteiger partial charge >= 0.3 is 0 Å². The zero-order valence-electron chi connectivity index (χ0n) is 33.7. The summed E-state index contributed by atoms with van der Waals surface area (Å²) >= 11 is 1.79. The minimum atomic E-state index is -0.683. The molecule has 0 aliphatic heterocycles. The number of anilines is 3. The lowest BCUT2D eigenvalue weighted by Crippen LogP contribution is -2.31. The van der Waals surface area contributed by atoms with Gasteiger partial charge in [-0.15, -0.1) is 11.3 Å². The van der Waals surface area contributed by atoms with Gasteiger partial charge in [-0.25, -0.2) is 4.85 Å². The van der Waals surface area contributed by atoms with E-state index in [1.54, 1.807) is 11.3 Å². The van der Waals surface area contributed by atoms with Gasteiger partial charge in [0, 0.05) is 11.3 Å². The van der Waals surface area contributed by atoms with Crippen molar-refractivity contribution in [1.82, 2.24) is 0 Å². The number of hydrogen-bond donors (Lipinski definition) is 0. The van der Waals surface area contributed by atoms with E-state index in [2.05, 4.69) is 234 Å².